The average molecular weight is 847 g/mol. The first kappa shape index (κ1) is 36.4. The van der Waals surface area contributed by atoms with Crippen molar-refractivity contribution in [3.05, 3.63) is 206 Å². The lowest BCUT2D eigenvalue weighted by Crippen LogP contribution is -2.07. The van der Waals surface area contributed by atoms with Gasteiger partial charge >= 0.3 is 0 Å². The molecule has 5 aromatic heterocycles. The molecule has 9 aromatic carbocycles. The molecule has 308 valence electrons. The molecule has 0 amide bonds. The van der Waals surface area contributed by atoms with Gasteiger partial charge in [0.25, 0.3) is 0 Å². The van der Waals surface area contributed by atoms with Gasteiger partial charge in [0.15, 0.2) is 17.2 Å². The highest BCUT2D eigenvalue weighted by Gasteiger charge is 2.24. The molecule has 5 heterocycles. The minimum atomic E-state index is 0.541. The molecular formula is C58H34N6O2. The second kappa shape index (κ2) is 14.2. The quantitative estimate of drug-likeness (QED) is 0.166. The van der Waals surface area contributed by atoms with Crippen molar-refractivity contribution in [1.82, 2.24) is 29.1 Å². The molecule has 8 heteroatoms. The predicted molar refractivity (Wildman–Crippen MR) is 265 cm³/mol. The summed E-state index contributed by atoms with van der Waals surface area (Å²) in [5.74, 6) is 2.34. The Morgan fingerprint density at radius 2 is 0.909 bits per heavy atom. The van der Waals surface area contributed by atoms with Crippen LogP contribution in [0, 0.1) is 0 Å². The molecule has 0 fully saturated rings. The normalized spacial score (nSPS) is 11.9. The lowest BCUT2D eigenvalue weighted by atomic mass is 10.0. The van der Waals surface area contributed by atoms with Gasteiger partial charge in [-0.1, -0.05) is 146 Å². The second-order valence-electron chi connectivity index (χ2n) is 16.6. The average Bonchev–Trinajstić information content (AvgIpc) is 4.16. The van der Waals surface area contributed by atoms with Gasteiger partial charge in [0.2, 0.25) is 11.8 Å². The van der Waals surface area contributed by atoms with Gasteiger partial charge in [-0.25, -0.2) is 9.97 Å². The number of hydrogen-bond acceptors (Lipinski definition) is 6. The van der Waals surface area contributed by atoms with Gasteiger partial charge in [-0.3, -0.25) is 4.57 Å². The number of oxazole rings is 1. The first-order valence-corrected chi connectivity index (χ1v) is 22.0. The molecule has 0 aliphatic carbocycles. The zero-order valence-corrected chi connectivity index (χ0v) is 35.1. The minimum Gasteiger partial charge on any atom is -0.456 e. The van der Waals surface area contributed by atoms with Gasteiger partial charge in [-0.2, -0.15) is 9.97 Å². The molecule has 0 aliphatic heterocycles. The Balaban J connectivity index is 1.02. The molecule has 66 heavy (non-hydrogen) atoms. The molecule has 0 saturated carbocycles. The van der Waals surface area contributed by atoms with Crippen LogP contribution in [-0.4, -0.2) is 29.1 Å². The largest absolute Gasteiger partial charge is 0.456 e. The summed E-state index contributed by atoms with van der Waals surface area (Å²) in [6.45, 7) is 0. The number of fused-ring (bicyclic) bond motifs is 11. The maximum atomic E-state index is 6.55. The number of furan rings is 1. The van der Waals surface area contributed by atoms with Crippen LogP contribution in [0.2, 0.25) is 0 Å². The van der Waals surface area contributed by atoms with E-state index in [-0.39, 0.29) is 0 Å². The molecule has 0 unspecified atom stereocenters. The van der Waals surface area contributed by atoms with E-state index < -0.39 is 0 Å². The first-order valence-electron chi connectivity index (χ1n) is 22.0. The summed E-state index contributed by atoms with van der Waals surface area (Å²) in [6.07, 6.45) is 0. The molecule has 8 nitrogen and oxygen atoms in total. The van der Waals surface area contributed by atoms with Crippen LogP contribution in [0.15, 0.2) is 215 Å². The zero-order chi connectivity index (χ0) is 43.3. The van der Waals surface area contributed by atoms with Gasteiger partial charge < -0.3 is 13.4 Å². The number of aromatic nitrogens is 6. The van der Waals surface area contributed by atoms with E-state index in [1.54, 1.807) is 0 Å². The van der Waals surface area contributed by atoms with Crippen molar-refractivity contribution in [3.63, 3.8) is 0 Å². The third kappa shape index (κ3) is 5.52. The van der Waals surface area contributed by atoms with Gasteiger partial charge in [0, 0.05) is 60.3 Å². The fourth-order valence-electron chi connectivity index (χ4n) is 9.83. The summed E-state index contributed by atoms with van der Waals surface area (Å²) in [5.41, 5.74) is 13.1. The van der Waals surface area contributed by atoms with E-state index in [1.807, 2.05) is 103 Å². The fraction of sp³-hybridized carbons (Fsp3) is 0. The SMILES string of the molecule is c1ccc(-c2nc(-c3ccccc3)nc(-n3c4ccccc4c4ccc5c6ccccc6n(-c6ccc7oc8ccc(-c9cccc%10nc(-c%11ccccc%11)oc9%10)cc8c7c6)c5c43)n2)cc1. The van der Waals surface area contributed by atoms with E-state index in [0.717, 1.165) is 110 Å². The zero-order valence-electron chi connectivity index (χ0n) is 35.1. The van der Waals surface area contributed by atoms with Crippen LogP contribution < -0.4 is 0 Å². The lowest BCUT2D eigenvalue weighted by molar-refractivity contribution is 0.621. The van der Waals surface area contributed by atoms with E-state index in [1.165, 1.54) is 0 Å². The Kier molecular flexibility index (Phi) is 7.81. The van der Waals surface area contributed by atoms with Crippen LogP contribution in [0.1, 0.15) is 0 Å². The van der Waals surface area contributed by atoms with Crippen molar-refractivity contribution in [3.8, 4) is 57.0 Å². The van der Waals surface area contributed by atoms with Crippen molar-refractivity contribution in [2.24, 2.45) is 0 Å². The standard InChI is InChI=1S/C58H34N6O2/c1-4-15-35(16-5-1)55-60-56(36-17-6-2-7-18-36)62-58(61-55)64-49-26-13-11-22-42(49)44-30-29-43-41-21-10-12-25-48(41)63(52(43)53(44)64)39-28-32-51-46(34-39)45-33-38(27-31-50(45)65-51)40-23-14-24-47-54(40)66-57(59-47)37-19-8-3-9-20-37/h1-34H. The highest BCUT2D eigenvalue weighted by molar-refractivity contribution is 6.24. The number of rotatable bonds is 6. The van der Waals surface area contributed by atoms with Crippen LogP contribution in [0.4, 0.5) is 0 Å². The Morgan fingerprint density at radius 3 is 1.58 bits per heavy atom. The van der Waals surface area contributed by atoms with Crippen molar-refractivity contribution >= 4 is 76.6 Å². The molecule has 0 N–H and O–H groups in total. The lowest BCUT2D eigenvalue weighted by Gasteiger charge is -2.13. The number of para-hydroxylation sites is 3. The molecule has 0 aliphatic rings. The highest BCUT2D eigenvalue weighted by Crippen LogP contribution is 2.43. The second-order valence-corrected chi connectivity index (χ2v) is 16.6. The smallest absolute Gasteiger partial charge is 0.238 e. The van der Waals surface area contributed by atoms with Crippen molar-refractivity contribution in [2.75, 3.05) is 0 Å². The summed E-state index contributed by atoms with van der Waals surface area (Å²) in [6, 6.07) is 71.0. The maximum absolute atomic E-state index is 6.55. The fourth-order valence-corrected chi connectivity index (χ4v) is 9.83. The maximum Gasteiger partial charge on any atom is 0.238 e. The van der Waals surface area contributed by atoms with Crippen molar-refractivity contribution < 1.29 is 8.83 Å². The van der Waals surface area contributed by atoms with E-state index >= 15 is 0 Å². The van der Waals surface area contributed by atoms with Crippen LogP contribution in [0.25, 0.3) is 134 Å². The minimum absolute atomic E-state index is 0.541. The van der Waals surface area contributed by atoms with Crippen molar-refractivity contribution in [2.45, 2.75) is 0 Å². The third-order valence-electron chi connectivity index (χ3n) is 12.8. The molecule has 0 radical (unpaired) electrons. The Bertz CT molecular complexity index is 4170. The molecule has 0 atom stereocenters. The third-order valence-corrected chi connectivity index (χ3v) is 12.8. The van der Waals surface area contributed by atoms with Gasteiger partial charge in [0.1, 0.15) is 16.7 Å². The first-order chi connectivity index (χ1) is 32.7. The molecule has 0 saturated heterocycles. The van der Waals surface area contributed by atoms with Crippen LogP contribution in [0.3, 0.4) is 0 Å². The predicted octanol–water partition coefficient (Wildman–Crippen LogP) is 14.8. The Labute approximate surface area is 376 Å². The van der Waals surface area contributed by atoms with Crippen LogP contribution >= 0.6 is 0 Å². The van der Waals surface area contributed by atoms with E-state index in [2.05, 4.69) is 112 Å². The van der Waals surface area contributed by atoms with Gasteiger partial charge in [-0.05, 0) is 66.2 Å². The van der Waals surface area contributed by atoms with Crippen molar-refractivity contribution in [1.29, 1.82) is 0 Å². The monoisotopic (exact) mass is 846 g/mol. The molecule has 0 bridgehead atoms. The Morgan fingerprint density at radius 1 is 0.348 bits per heavy atom. The van der Waals surface area contributed by atoms with Crippen LogP contribution in [-0.2, 0) is 0 Å². The summed E-state index contributed by atoms with van der Waals surface area (Å²) in [5, 5.41) is 6.49. The van der Waals surface area contributed by atoms with E-state index in [4.69, 9.17) is 28.8 Å². The molecular weight excluding hydrogens is 813 g/mol. The summed E-state index contributed by atoms with van der Waals surface area (Å²) < 4.78 is 17.6. The molecule has 0 spiro atoms. The summed E-state index contributed by atoms with van der Waals surface area (Å²) in [4.78, 5) is 20.5. The number of benzene rings is 9. The van der Waals surface area contributed by atoms with E-state index in [0.29, 0.717) is 23.5 Å². The van der Waals surface area contributed by atoms with Gasteiger partial charge in [-0.15, -0.1) is 0 Å². The topological polar surface area (TPSA) is 87.7 Å². The summed E-state index contributed by atoms with van der Waals surface area (Å²) >= 11 is 0. The molecule has 14 aromatic rings. The Hall–Kier alpha value is -9.14. The highest BCUT2D eigenvalue weighted by atomic mass is 16.3. The van der Waals surface area contributed by atoms with Gasteiger partial charge in [0.05, 0.1) is 22.1 Å². The number of hydrogen-bond donors (Lipinski definition) is 0. The van der Waals surface area contributed by atoms with E-state index in [9.17, 15) is 0 Å². The molecule has 14 rings (SSSR count). The van der Waals surface area contributed by atoms with Crippen LogP contribution in [0.5, 0.6) is 0 Å². The summed E-state index contributed by atoms with van der Waals surface area (Å²) in [7, 11) is 0. The number of nitrogens with zero attached hydrogens (tertiary/aromatic N) is 6.